The molecule has 1 fully saturated rings. The maximum Gasteiger partial charge on any atom is 0.246 e. The molecule has 7 nitrogen and oxygen atoms in total. The van der Waals surface area contributed by atoms with E-state index in [1.807, 2.05) is 6.92 Å². The first-order valence-corrected chi connectivity index (χ1v) is 9.18. The van der Waals surface area contributed by atoms with E-state index in [0.29, 0.717) is 30.3 Å². The molecule has 7 heteroatoms. The van der Waals surface area contributed by atoms with E-state index in [1.165, 1.54) is 5.56 Å². The molecule has 0 radical (unpaired) electrons. The number of nitrogens with zero attached hydrogens (tertiary/aromatic N) is 4. The fourth-order valence-electron chi connectivity index (χ4n) is 3.36. The van der Waals surface area contributed by atoms with Gasteiger partial charge in [0.1, 0.15) is 0 Å². The van der Waals surface area contributed by atoms with Gasteiger partial charge in [-0.25, -0.2) is 0 Å². The second-order valence-corrected chi connectivity index (χ2v) is 6.83. The van der Waals surface area contributed by atoms with Gasteiger partial charge in [-0.05, 0) is 32.3 Å². The molecule has 0 bridgehead atoms. The number of benzene rings is 1. The largest absolute Gasteiger partial charge is 0.354 e. The van der Waals surface area contributed by atoms with Crippen molar-refractivity contribution in [2.45, 2.75) is 51.9 Å². The molecule has 1 aromatic heterocycles. The van der Waals surface area contributed by atoms with Crippen LogP contribution in [0.25, 0.3) is 0 Å². The molecule has 140 valence electrons. The lowest BCUT2D eigenvalue weighted by molar-refractivity contribution is 0.134. The zero-order chi connectivity index (χ0) is 18.4. The van der Waals surface area contributed by atoms with Gasteiger partial charge in [0.15, 0.2) is 11.8 Å². The molecular formula is C19H28N6O. The van der Waals surface area contributed by atoms with Crippen LogP contribution in [0.2, 0.25) is 0 Å². The Kier molecular flexibility index (Phi) is 6.22. The molecule has 0 aliphatic carbocycles. The smallest absolute Gasteiger partial charge is 0.246 e. The van der Waals surface area contributed by atoms with E-state index < -0.39 is 0 Å². The van der Waals surface area contributed by atoms with Crippen LogP contribution in [0.4, 0.5) is 0 Å². The summed E-state index contributed by atoms with van der Waals surface area (Å²) >= 11 is 0. The number of rotatable bonds is 5. The molecule has 2 atom stereocenters. The number of likely N-dealkylation sites (tertiary alicyclic amines) is 1. The van der Waals surface area contributed by atoms with Gasteiger partial charge in [-0.15, -0.1) is 0 Å². The molecule has 2 N–H and O–H groups in total. The summed E-state index contributed by atoms with van der Waals surface area (Å²) in [4.78, 5) is 11.0. The summed E-state index contributed by atoms with van der Waals surface area (Å²) in [5.41, 5.74) is 1.37. The number of aromatic nitrogens is 2. The van der Waals surface area contributed by atoms with Gasteiger partial charge >= 0.3 is 0 Å². The van der Waals surface area contributed by atoms with Gasteiger partial charge in [0.05, 0.1) is 6.54 Å². The standard InChI is InChI=1S/C19H28N6O/c1-14-11-17(9-10-25(14)13-16-7-5-4-6-8-16)23-19(20-3)21-12-18-22-15(2)24-26-18/h4-8,14,17H,9-13H2,1-3H3,(H2,20,21,23). The highest BCUT2D eigenvalue weighted by molar-refractivity contribution is 5.79. The zero-order valence-electron chi connectivity index (χ0n) is 15.8. The van der Waals surface area contributed by atoms with Gasteiger partial charge < -0.3 is 15.2 Å². The van der Waals surface area contributed by atoms with Gasteiger partial charge in [-0.3, -0.25) is 9.89 Å². The first-order valence-electron chi connectivity index (χ1n) is 9.18. The molecule has 26 heavy (non-hydrogen) atoms. The Labute approximate surface area is 154 Å². The van der Waals surface area contributed by atoms with Gasteiger partial charge in [-0.1, -0.05) is 35.5 Å². The third-order valence-corrected chi connectivity index (χ3v) is 4.78. The van der Waals surface area contributed by atoms with Crippen LogP contribution < -0.4 is 10.6 Å². The highest BCUT2D eigenvalue weighted by atomic mass is 16.5. The molecule has 0 spiro atoms. The normalized spacial score (nSPS) is 21.6. The average Bonchev–Trinajstić information content (AvgIpc) is 3.07. The summed E-state index contributed by atoms with van der Waals surface area (Å²) in [6.07, 6.45) is 2.19. The summed E-state index contributed by atoms with van der Waals surface area (Å²) in [6, 6.07) is 11.6. The van der Waals surface area contributed by atoms with Crippen molar-refractivity contribution in [2.75, 3.05) is 13.6 Å². The van der Waals surface area contributed by atoms with E-state index in [9.17, 15) is 0 Å². The lowest BCUT2D eigenvalue weighted by atomic mass is 9.97. The van der Waals surface area contributed by atoms with E-state index in [2.05, 4.69) is 67.9 Å². The number of nitrogens with one attached hydrogen (secondary N) is 2. The van der Waals surface area contributed by atoms with Crippen LogP contribution in [0.1, 0.15) is 37.0 Å². The van der Waals surface area contributed by atoms with E-state index in [1.54, 1.807) is 7.05 Å². The van der Waals surface area contributed by atoms with Gasteiger partial charge in [-0.2, -0.15) is 4.98 Å². The number of hydrogen-bond donors (Lipinski definition) is 2. The van der Waals surface area contributed by atoms with E-state index in [4.69, 9.17) is 4.52 Å². The number of aryl methyl sites for hydroxylation is 1. The molecule has 2 unspecified atom stereocenters. The number of piperidine rings is 1. The summed E-state index contributed by atoms with van der Waals surface area (Å²) in [7, 11) is 1.78. The highest BCUT2D eigenvalue weighted by Gasteiger charge is 2.26. The fourth-order valence-corrected chi connectivity index (χ4v) is 3.36. The first-order chi connectivity index (χ1) is 12.6. The van der Waals surface area contributed by atoms with Crippen molar-refractivity contribution in [3.05, 3.63) is 47.6 Å². The average molecular weight is 356 g/mol. The van der Waals surface area contributed by atoms with Crippen LogP contribution in [-0.2, 0) is 13.1 Å². The molecule has 0 amide bonds. The monoisotopic (exact) mass is 356 g/mol. The molecule has 2 aromatic rings. The van der Waals surface area contributed by atoms with Gasteiger partial charge in [0.2, 0.25) is 5.89 Å². The van der Waals surface area contributed by atoms with Crippen molar-refractivity contribution in [3.8, 4) is 0 Å². The highest BCUT2D eigenvalue weighted by Crippen LogP contribution is 2.19. The summed E-state index contributed by atoms with van der Waals surface area (Å²) in [5.74, 6) is 1.98. The predicted molar refractivity (Wildman–Crippen MR) is 102 cm³/mol. The minimum atomic E-state index is 0.410. The van der Waals surface area contributed by atoms with Gasteiger partial charge in [0, 0.05) is 32.2 Å². The summed E-state index contributed by atoms with van der Waals surface area (Å²) < 4.78 is 5.12. The van der Waals surface area contributed by atoms with Crippen molar-refractivity contribution >= 4 is 5.96 Å². The molecule has 0 saturated carbocycles. The minimum absolute atomic E-state index is 0.410. The van der Waals surface area contributed by atoms with Gasteiger partial charge in [0.25, 0.3) is 0 Å². The molecule has 1 aromatic carbocycles. The van der Waals surface area contributed by atoms with Crippen molar-refractivity contribution in [1.82, 2.24) is 25.7 Å². The lowest BCUT2D eigenvalue weighted by Crippen LogP contribution is -2.51. The van der Waals surface area contributed by atoms with Crippen LogP contribution in [0.5, 0.6) is 0 Å². The third kappa shape index (κ3) is 5.05. The molecule has 1 saturated heterocycles. The van der Waals surface area contributed by atoms with Crippen molar-refractivity contribution in [1.29, 1.82) is 0 Å². The number of aliphatic imine (C=N–C) groups is 1. The van der Waals surface area contributed by atoms with E-state index in [-0.39, 0.29) is 0 Å². The fraction of sp³-hybridized carbons (Fsp3) is 0.526. The minimum Gasteiger partial charge on any atom is -0.354 e. The molecule has 1 aliphatic heterocycles. The Hall–Kier alpha value is -2.41. The Morgan fingerprint density at radius 2 is 2.15 bits per heavy atom. The Morgan fingerprint density at radius 3 is 2.81 bits per heavy atom. The van der Waals surface area contributed by atoms with E-state index >= 15 is 0 Å². The Balaban J connectivity index is 1.46. The van der Waals surface area contributed by atoms with E-state index in [0.717, 1.165) is 31.9 Å². The number of guanidine groups is 1. The van der Waals surface area contributed by atoms with Crippen molar-refractivity contribution < 1.29 is 4.52 Å². The Morgan fingerprint density at radius 1 is 1.35 bits per heavy atom. The first kappa shape index (κ1) is 18.4. The third-order valence-electron chi connectivity index (χ3n) is 4.78. The molecule has 2 heterocycles. The summed E-state index contributed by atoms with van der Waals surface area (Å²) in [6.45, 7) is 6.67. The maximum absolute atomic E-state index is 5.12. The molecule has 3 rings (SSSR count). The molecule has 1 aliphatic rings. The maximum atomic E-state index is 5.12. The SMILES string of the molecule is CN=C(NCc1nc(C)no1)NC1CCN(Cc2ccccc2)C(C)C1. The van der Waals surface area contributed by atoms with Crippen LogP contribution >= 0.6 is 0 Å². The van der Waals surface area contributed by atoms with Crippen molar-refractivity contribution in [2.24, 2.45) is 4.99 Å². The second-order valence-electron chi connectivity index (χ2n) is 6.83. The van der Waals surface area contributed by atoms with Crippen molar-refractivity contribution in [3.63, 3.8) is 0 Å². The van der Waals surface area contributed by atoms with Crippen LogP contribution in [0.3, 0.4) is 0 Å². The predicted octanol–water partition coefficient (Wildman–Crippen LogP) is 2.10. The van der Waals surface area contributed by atoms with Crippen LogP contribution in [0.15, 0.2) is 39.8 Å². The zero-order valence-corrected chi connectivity index (χ0v) is 15.8. The second kappa shape index (κ2) is 8.80. The quantitative estimate of drug-likeness (QED) is 0.631. The summed E-state index contributed by atoms with van der Waals surface area (Å²) in [5, 5.41) is 10.6. The lowest BCUT2D eigenvalue weighted by Gasteiger charge is -2.38. The topological polar surface area (TPSA) is 78.6 Å². The van der Waals surface area contributed by atoms with Crippen LogP contribution in [-0.4, -0.2) is 46.7 Å². The number of hydrogen-bond acceptors (Lipinski definition) is 5. The molecular weight excluding hydrogens is 328 g/mol. The van der Waals surface area contributed by atoms with Crippen LogP contribution in [0, 0.1) is 6.92 Å². The Bertz CT molecular complexity index is 714.